The molecule has 2 saturated carbocycles. The molecular weight excluding hydrogens is 494 g/mol. The lowest BCUT2D eigenvalue weighted by molar-refractivity contribution is 0.0859. The van der Waals surface area contributed by atoms with Gasteiger partial charge in [0.15, 0.2) is 0 Å². The second-order valence-corrected chi connectivity index (χ2v) is 12.4. The molecule has 3 aliphatic rings. The third-order valence-electron chi connectivity index (χ3n) is 9.83. The molecule has 0 spiro atoms. The molecule has 6 atom stereocenters. The van der Waals surface area contributed by atoms with Crippen molar-refractivity contribution in [3.8, 4) is 11.5 Å². The molecular formula is C36H43NO3. The average molecular weight is 538 g/mol. The zero-order valence-corrected chi connectivity index (χ0v) is 23.7. The molecule has 40 heavy (non-hydrogen) atoms. The Morgan fingerprint density at radius 1 is 0.925 bits per heavy atom. The normalized spacial score (nSPS) is 26.1. The van der Waals surface area contributed by atoms with E-state index in [4.69, 9.17) is 4.74 Å². The Kier molecular flexibility index (Phi) is 8.13. The van der Waals surface area contributed by atoms with E-state index in [1.165, 1.54) is 36.8 Å². The number of hydrogen-bond acceptors (Lipinski definition) is 3. The molecule has 0 heterocycles. The van der Waals surface area contributed by atoms with Crippen LogP contribution in [-0.2, 0) is 6.42 Å². The van der Waals surface area contributed by atoms with Gasteiger partial charge in [0.2, 0.25) is 0 Å². The molecule has 0 bridgehead atoms. The summed E-state index contributed by atoms with van der Waals surface area (Å²) in [6.45, 7) is 2.14. The summed E-state index contributed by atoms with van der Waals surface area (Å²) in [6.07, 6.45) is 11.2. The molecule has 6 rings (SSSR count). The molecule has 0 aromatic heterocycles. The van der Waals surface area contributed by atoms with Crippen molar-refractivity contribution in [3.05, 3.63) is 95.1 Å². The maximum Gasteiger partial charge on any atom is 0.251 e. The molecule has 210 valence electrons. The van der Waals surface area contributed by atoms with Crippen molar-refractivity contribution in [3.63, 3.8) is 0 Å². The molecule has 0 aliphatic heterocycles. The van der Waals surface area contributed by atoms with Crippen LogP contribution in [0.1, 0.15) is 104 Å². The van der Waals surface area contributed by atoms with Crippen molar-refractivity contribution in [2.75, 3.05) is 0 Å². The third kappa shape index (κ3) is 5.77. The van der Waals surface area contributed by atoms with Crippen molar-refractivity contribution in [2.45, 2.75) is 95.1 Å². The maximum atomic E-state index is 12.9. The van der Waals surface area contributed by atoms with Crippen molar-refractivity contribution < 1.29 is 14.6 Å². The molecule has 0 saturated heterocycles. The minimum atomic E-state index is 0.00449. The fraction of sp³-hybridized carbons (Fsp3) is 0.472. The second-order valence-electron chi connectivity index (χ2n) is 12.4. The maximum absolute atomic E-state index is 12.9. The lowest BCUT2D eigenvalue weighted by Crippen LogP contribution is -2.45. The molecule has 4 heteroatoms. The minimum absolute atomic E-state index is 0.00449. The van der Waals surface area contributed by atoms with Crippen LogP contribution in [0.3, 0.4) is 0 Å². The van der Waals surface area contributed by atoms with E-state index in [2.05, 4.69) is 48.6 Å². The smallest absolute Gasteiger partial charge is 0.251 e. The summed E-state index contributed by atoms with van der Waals surface area (Å²) in [7, 11) is 0. The highest BCUT2D eigenvalue weighted by atomic mass is 16.5. The summed E-state index contributed by atoms with van der Waals surface area (Å²) in [4.78, 5) is 12.9. The highest BCUT2D eigenvalue weighted by Crippen LogP contribution is 2.59. The Bertz CT molecular complexity index is 1290. The lowest BCUT2D eigenvalue weighted by Gasteiger charge is -2.50. The van der Waals surface area contributed by atoms with Crippen LogP contribution in [-0.4, -0.2) is 23.2 Å². The summed E-state index contributed by atoms with van der Waals surface area (Å²) < 4.78 is 6.42. The molecule has 3 aliphatic carbocycles. The number of carbonyl (C=O) groups is 1. The quantitative estimate of drug-likeness (QED) is 0.305. The van der Waals surface area contributed by atoms with Crippen LogP contribution in [0.15, 0.2) is 72.8 Å². The number of fused-ring (bicyclic) bond motifs is 6. The third-order valence-corrected chi connectivity index (χ3v) is 9.83. The van der Waals surface area contributed by atoms with Crippen LogP contribution in [0.4, 0.5) is 0 Å². The van der Waals surface area contributed by atoms with E-state index in [-0.39, 0.29) is 24.0 Å². The Morgan fingerprint density at radius 3 is 2.45 bits per heavy atom. The number of aromatic hydroxyl groups is 1. The largest absolute Gasteiger partial charge is 0.508 e. The molecule has 3 aromatic carbocycles. The summed E-state index contributed by atoms with van der Waals surface area (Å²) in [5, 5.41) is 14.8. The van der Waals surface area contributed by atoms with Crippen molar-refractivity contribution in [1.29, 1.82) is 0 Å². The number of carbonyl (C=O) groups excluding carboxylic acids is 1. The first kappa shape index (κ1) is 26.9. The van der Waals surface area contributed by atoms with Crippen molar-refractivity contribution in [1.82, 2.24) is 5.32 Å². The number of rotatable bonds is 8. The van der Waals surface area contributed by atoms with E-state index < -0.39 is 0 Å². The summed E-state index contributed by atoms with van der Waals surface area (Å²) in [5.74, 6) is 3.22. The summed E-state index contributed by atoms with van der Waals surface area (Å²) in [6, 6.07) is 24.4. The van der Waals surface area contributed by atoms with E-state index >= 15 is 0 Å². The van der Waals surface area contributed by atoms with Gasteiger partial charge in [-0.05, 0) is 111 Å². The second kappa shape index (κ2) is 12.1. The summed E-state index contributed by atoms with van der Waals surface area (Å²) >= 11 is 0. The van der Waals surface area contributed by atoms with Gasteiger partial charge in [-0.25, -0.2) is 0 Å². The Morgan fingerprint density at radius 2 is 1.65 bits per heavy atom. The molecule has 3 aromatic rings. The molecule has 2 fully saturated rings. The first-order chi connectivity index (χ1) is 19.6. The highest BCUT2D eigenvalue weighted by Gasteiger charge is 2.47. The fourth-order valence-electron chi connectivity index (χ4n) is 8.03. The monoisotopic (exact) mass is 537 g/mol. The first-order valence-electron chi connectivity index (χ1n) is 15.5. The lowest BCUT2D eigenvalue weighted by atomic mass is 9.55. The number of ether oxygens (including phenoxy) is 1. The van der Waals surface area contributed by atoms with Gasteiger partial charge in [0.1, 0.15) is 11.5 Å². The zero-order valence-electron chi connectivity index (χ0n) is 23.7. The van der Waals surface area contributed by atoms with Gasteiger partial charge in [-0.3, -0.25) is 4.79 Å². The fourth-order valence-corrected chi connectivity index (χ4v) is 8.03. The van der Waals surface area contributed by atoms with Gasteiger partial charge >= 0.3 is 0 Å². The van der Waals surface area contributed by atoms with Gasteiger partial charge in [0.05, 0.1) is 6.10 Å². The molecule has 0 radical (unpaired) electrons. The van der Waals surface area contributed by atoms with E-state index in [0.717, 1.165) is 49.8 Å². The molecule has 2 N–H and O–H groups in total. The number of aryl methyl sites for hydroxylation is 1. The number of amides is 1. The van der Waals surface area contributed by atoms with Gasteiger partial charge in [-0.2, -0.15) is 0 Å². The minimum Gasteiger partial charge on any atom is -0.508 e. The van der Waals surface area contributed by atoms with E-state index in [1.807, 2.05) is 36.4 Å². The number of hydrogen-bond donors (Lipinski definition) is 2. The average Bonchev–Trinajstić information content (AvgIpc) is 2.98. The number of benzene rings is 3. The highest BCUT2D eigenvalue weighted by molar-refractivity contribution is 5.94. The zero-order chi connectivity index (χ0) is 27.5. The Hall–Kier alpha value is -3.27. The summed E-state index contributed by atoms with van der Waals surface area (Å²) in [5.41, 5.74) is 4.52. The van der Waals surface area contributed by atoms with Crippen LogP contribution in [0, 0.1) is 11.8 Å². The number of nitrogens with one attached hydrogen (secondary N) is 1. The number of phenols is 1. The van der Waals surface area contributed by atoms with Gasteiger partial charge in [0.25, 0.3) is 5.91 Å². The molecule has 1 amide bonds. The van der Waals surface area contributed by atoms with Gasteiger partial charge in [-0.1, -0.05) is 61.4 Å². The Labute approximate surface area is 239 Å². The topological polar surface area (TPSA) is 58.6 Å². The van der Waals surface area contributed by atoms with Crippen LogP contribution in [0.2, 0.25) is 0 Å². The van der Waals surface area contributed by atoms with Gasteiger partial charge < -0.3 is 15.2 Å². The van der Waals surface area contributed by atoms with E-state index in [1.54, 1.807) is 0 Å². The van der Waals surface area contributed by atoms with Crippen LogP contribution in [0.5, 0.6) is 11.5 Å². The van der Waals surface area contributed by atoms with E-state index in [9.17, 15) is 9.90 Å². The first-order valence-corrected chi connectivity index (χ1v) is 15.5. The predicted molar refractivity (Wildman–Crippen MR) is 160 cm³/mol. The van der Waals surface area contributed by atoms with Gasteiger partial charge in [-0.15, -0.1) is 0 Å². The van der Waals surface area contributed by atoms with Crippen LogP contribution in [0.25, 0.3) is 0 Å². The van der Waals surface area contributed by atoms with Crippen LogP contribution >= 0.6 is 0 Å². The SMILES string of the molecule is CC(CCCc1ccccc1)Oc1cc(O)c2c(c1)C1CCCCC1C1CCC(NC(=O)c3ccccc3)CC21. The predicted octanol–water partition coefficient (Wildman–Crippen LogP) is 8.15. The molecule has 6 unspecified atom stereocenters. The van der Waals surface area contributed by atoms with E-state index in [0.29, 0.717) is 29.1 Å². The standard InChI is InChI=1S/C36H43NO3/c1-24(11-10-14-25-12-4-2-5-13-25)40-28-22-33-30-18-9-8-17-29(30)31-20-19-27(21-32(31)35(33)34(38)23-28)37-36(39)26-15-6-3-7-16-26/h2-7,12-13,15-16,22-24,27,29-32,38H,8-11,14,17-21H2,1H3,(H,37,39). The number of phenolic OH excluding ortho intramolecular Hbond substituents is 1. The Balaban J connectivity index is 1.19. The van der Waals surface area contributed by atoms with Crippen molar-refractivity contribution >= 4 is 5.91 Å². The van der Waals surface area contributed by atoms with Crippen molar-refractivity contribution in [2.24, 2.45) is 11.8 Å². The van der Waals surface area contributed by atoms with Gasteiger partial charge in [0, 0.05) is 23.2 Å². The van der Waals surface area contributed by atoms with Crippen LogP contribution < -0.4 is 10.1 Å². The molecule has 4 nitrogen and oxygen atoms in total.